The van der Waals surface area contributed by atoms with Crippen molar-refractivity contribution in [2.24, 2.45) is 0 Å². The fourth-order valence-electron chi connectivity index (χ4n) is 5.94. The van der Waals surface area contributed by atoms with E-state index in [1.165, 1.54) is 6.07 Å². The van der Waals surface area contributed by atoms with E-state index in [0.29, 0.717) is 44.2 Å². The Morgan fingerprint density at radius 1 is 0.933 bits per heavy atom. The summed E-state index contributed by atoms with van der Waals surface area (Å²) in [5.41, 5.74) is 2.34. The lowest BCUT2D eigenvalue weighted by Gasteiger charge is -2.38. The predicted octanol–water partition coefficient (Wildman–Crippen LogP) is 4.40. The highest BCUT2D eigenvalue weighted by Crippen LogP contribution is 2.26. The van der Waals surface area contributed by atoms with Gasteiger partial charge < -0.3 is 24.4 Å². The second kappa shape index (κ2) is 13.1. The van der Waals surface area contributed by atoms with E-state index in [0.717, 1.165) is 48.0 Å². The minimum Gasteiger partial charge on any atom is -0.451 e. The number of para-hydroxylation sites is 1. The number of nitrogens with zero attached hydrogens (tertiary/aromatic N) is 3. The van der Waals surface area contributed by atoms with E-state index < -0.39 is 23.2 Å². The zero-order valence-electron chi connectivity index (χ0n) is 24.5. The Bertz CT molecular complexity index is 1800. The van der Waals surface area contributed by atoms with Gasteiger partial charge in [0.15, 0.2) is 11.2 Å². The summed E-state index contributed by atoms with van der Waals surface area (Å²) >= 11 is 6.06. The van der Waals surface area contributed by atoms with Gasteiger partial charge >= 0.3 is 0 Å². The van der Waals surface area contributed by atoms with Crippen LogP contribution in [0.15, 0.2) is 82.0 Å². The van der Waals surface area contributed by atoms with Crippen molar-refractivity contribution in [3.63, 3.8) is 0 Å². The second-order valence-corrected chi connectivity index (χ2v) is 11.8. The number of hydrogen-bond acceptors (Lipinski definition) is 6. The average Bonchev–Trinajstić information content (AvgIpc) is 3.45. The van der Waals surface area contributed by atoms with E-state index in [9.17, 15) is 23.6 Å². The summed E-state index contributed by atoms with van der Waals surface area (Å²) in [5, 5.41) is 3.45. The van der Waals surface area contributed by atoms with Crippen LogP contribution in [0.3, 0.4) is 0 Å². The number of carbonyl (C=O) groups is 3. The molecule has 11 heteroatoms. The number of amides is 3. The monoisotopic (exact) mass is 630 g/mol. The largest absolute Gasteiger partial charge is 0.451 e. The van der Waals surface area contributed by atoms with Crippen molar-refractivity contribution in [3.05, 3.63) is 111 Å². The zero-order valence-corrected chi connectivity index (χ0v) is 25.3. The molecule has 1 N–H and O–H groups in total. The first-order valence-electron chi connectivity index (χ1n) is 14.9. The zero-order chi connectivity index (χ0) is 31.5. The fraction of sp³-hybridized carbons (Fsp3) is 0.294. The third kappa shape index (κ3) is 6.86. The molecule has 2 saturated heterocycles. The molecule has 0 spiro atoms. The van der Waals surface area contributed by atoms with Gasteiger partial charge in [0.05, 0.1) is 5.39 Å². The summed E-state index contributed by atoms with van der Waals surface area (Å²) < 4.78 is 19.4. The topological polar surface area (TPSA) is 103 Å². The van der Waals surface area contributed by atoms with E-state index in [2.05, 4.69) is 10.2 Å². The Kier molecular flexibility index (Phi) is 8.84. The number of rotatable bonds is 8. The van der Waals surface area contributed by atoms with E-state index in [1.54, 1.807) is 29.2 Å². The minimum atomic E-state index is -0.966. The lowest BCUT2D eigenvalue weighted by atomic mass is 10.0. The highest BCUT2D eigenvalue weighted by Gasteiger charge is 2.31. The van der Waals surface area contributed by atoms with Crippen LogP contribution >= 0.6 is 11.6 Å². The van der Waals surface area contributed by atoms with Crippen LogP contribution < -0.4 is 15.6 Å². The first-order chi connectivity index (χ1) is 21.7. The van der Waals surface area contributed by atoms with Crippen LogP contribution in [-0.2, 0) is 22.6 Å². The van der Waals surface area contributed by atoms with Crippen molar-refractivity contribution in [1.82, 2.24) is 15.1 Å². The summed E-state index contributed by atoms with van der Waals surface area (Å²) in [6, 6.07) is 18.6. The van der Waals surface area contributed by atoms with Gasteiger partial charge in [-0.05, 0) is 47.9 Å². The molecule has 3 heterocycles. The molecule has 232 valence electrons. The van der Waals surface area contributed by atoms with Gasteiger partial charge in [-0.3, -0.25) is 19.2 Å². The number of carbonyl (C=O) groups excluding carboxylic acids is 3. The molecule has 0 radical (unpaired) electrons. The Labute approximate surface area is 264 Å². The first kappa shape index (κ1) is 30.3. The third-order valence-corrected chi connectivity index (χ3v) is 8.58. The molecule has 9 nitrogen and oxygen atoms in total. The van der Waals surface area contributed by atoms with Gasteiger partial charge in [-0.25, -0.2) is 4.39 Å². The molecule has 3 amide bonds. The number of fused-ring (bicyclic) bond motifs is 1. The van der Waals surface area contributed by atoms with Crippen molar-refractivity contribution >= 4 is 46.0 Å². The maximum absolute atomic E-state index is 13.9. The van der Waals surface area contributed by atoms with Crippen molar-refractivity contribution in [2.75, 3.05) is 37.6 Å². The van der Waals surface area contributed by atoms with E-state index >= 15 is 0 Å². The van der Waals surface area contributed by atoms with Crippen molar-refractivity contribution in [1.29, 1.82) is 0 Å². The van der Waals surface area contributed by atoms with Crippen LogP contribution in [0.25, 0.3) is 11.0 Å². The molecule has 2 fully saturated rings. The summed E-state index contributed by atoms with van der Waals surface area (Å²) in [6.45, 7) is 3.31. The summed E-state index contributed by atoms with van der Waals surface area (Å²) in [5.74, 6) is -1.78. The first-order valence-corrected chi connectivity index (χ1v) is 15.3. The molecular weight excluding hydrogens is 599 g/mol. The summed E-state index contributed by atoms with van der Waals surface area (Å²) in [7, 11) is 0. The molecule has 0 bridgehead atoms. The maximum atomic E-state index is 13.9. The van der Waals surface area contributed by atoms with E-state index in [1.807, 2.05) is 29.2 Å². The van der Waals surface area contributed by atoms with Crippen molar-refractivity contribution in [2.45, 2.75) is 31.8 Å². The normalized spacial score (nSPS) is 15.9. The van der Waals surface area contributed by atoms with E-state index in [-0.39, 0.29) is 35.0 Å². The fourth-order valence-corrected chi connectivity index (χ4v) is 6.07. The van der Waals surface area contributed by atoms with Crippen LogP contribution in [0.2, 0.25) is 5.02 Å². The Morgan fingerprint density at radius 3 is 2.42 bits per heavy atom. The number of likely N-dealkylation sites (tertiary alicyclic amines) is 1. The quantitative estimate of drug-likeness (QED) is 0.310. The molecule has 1 atom stereocenters. The van der Waals surface area contributed by atoms with Crippen LogP contribution in [-0.4, -0.2) is 66.3 Å². The smallest absolute Gasteiger partial charge is 0.287 e. The van der Waals surface area contributed by atoms with Gasteiger partial charge in [0.25, 0.3) is 5.91 Å². The standard InChI is InChI=1S/C34H32ClFN4O5/c35-24-9-7-22(8-10-24)18-27(37-33(43)31-20-29(41)26-12-11-25(36)19-30(26)45-31)34(44)39-16-14-38(15-17-39)28-5-2-1-4-23(28)21-40-13-3-6-32(40)42/h1-2,4-5,7-12,19-20,27H,3,6,13-18,21H2,(H,37,43)/t27-/m1/s1. The Balaban J connectivity index is 1.18. The van der Waals surface area contributed by atoms with Crippen LogP contribution in [0.1, 0.15) is 34.5 Å². The molecule has 2 aliphatic heterocycles. The van der Waals surface area contributed by atoms with Gasteiger partial charge in [0.1, 0.15) is 17.4 Å². The van der Waals surface area contributed by atoms with Crippen LogP contribution in [0.5, 0.6) is 0 Å². The number of nitrogens with one attached hydrogen (secondary N) is 1. The molecule has 3 aromatic carbocycles. The highest BCUT2D eigenvalue weighted by atomic mass is 35.5. The Morgan fingerprint density at radius 2 is 1.69 bits per heavy atom. The van der Waals surface area contributed by atoms with Crippen LogP contribution in [0, 0.1) is 5.82 Å². The number of halogens is 2. The molecular formula is C34H32ClFN4O5. The average molecular weight is 631 g/mol. The number of piperazine rings is 1. The highest BCUT2D eigenvalue weighted by molar-refractivity contribution is 6.30. The molecule has 2 aliphatic rings. The molecule has 1 aromatic heterocycles. The third-order valence-electron chi connectivity index (χ3n) is 8.33. The summed E-state index contributed by atoms with van der Waals surface area (Å²) in [6.07, 6.45) is 1.64. The molecule has 0 unspecified atom stereocenters. The number of anilines is 1. The minimum absolute atomic E-state index is 0.0567. The summed E-state index contributed by atoms with van der Waals surface area (Å²) in [4.78, 5) is 57.9. The van der Waals surface area contributed by atoms with Gasteiger partial charge in [0, 0.05) is 75.0 Å². The molecule has 6 rings (SSSR count). The van der Waals surface area contributed by atoms with Gasteiger partial charge in [0.2, 0.25) is 11.8 Å². The predicted molar refractivity (Wildman–Crippen MR) is 169 cm³/mol. The maximum Gasteiger partial charge on any atom is 0.287 e. The number of benzene rings is 3. The van der Waals surface area contributed by atoms with Gasteiger partial charge in [-0.1, -0.05) is 41.9 Å². The Hall–Kier alpha value is -4.70. The van der Waals surface area contributed by atoms with Crippen molar-refractivity contribution in [3.8, 4) is 0 Å². The SMILES string of the molecule is O=C(N[C@H](Cc1ccc(Cl)cc1)C(=O)N1CCN(c2ccccc2CN2CCCC2=O)CC1)c1cc(=O)c2ccc(F)cc2o1. The molecule has 4 aromatic rings. The molecule has 45 heavy (non-hydrogen) atoms. The van der Waals surface area contributed by atoms with Crippen molar-refractivity contribution < 1.29 is 23.2 Å². The second-order valence-electron chi connectivity index (χ2n) is 11.3. The number of hydrogen-bond donors (Lipinski definition) is 1. The van der Waals surface area contributed by atoms with E-state index in [4.69, 9.17) is 16.0 Å². The lowest BCUT2D eigenvalue weighted by Crippen LogP contribution is -2.55. The molecule has 0 aliphatic carbocycles. The van der Waals surface area contributed by atoms with Gasteiger partial charge in [-0.2, -0.15) is 0 Å². The lowest BCUT2D eigenvalue weighted by molar-refractivity contribution is -0.133. The van der Waals surface area contributed by atoms with Gasteiger partial charge in [-0.15, -0.1) is 0 Å². The van der Waals surface area contributed by atoms with Crippen LogP contribution in [0.4, 0.5) is 10.1 Å². The molecule has 0 saturated carbocycles.